The lowest BCUT2D eigenvalue weighted by Crippen LogP contribution is -2.09. The SMILES string of the molecule is O=C(Cc1ccsc1)OCC1=CC=CC1. The molecule has 2 rings (SSSR count). The van der Waals surface area contributed by atoms with Crippen molar-refractivity contribution in [3.63, 3.8) is 0 Å². The molecule has 1 heterocycles. The van der Waals surface area contributed by atoms with Crippen LogP contribution < -0.4 is 0 Å². The van der Waals surface area contributed by atoms with E-state index in [1.807, 2.05) is 29.0 Å². The number of ether oxygens (including phenoxy) is 1. The first-order valence-electron chi connectivity index (χ1n) is 4.86. The van der Waals surface area contributed by atoms with Gasteiger partial charge in [-0.1, -0.05) is 18.2 Å². The van der Waals surface area contributed by atoms with Gasteiger partial charge in [0.05, 0.1) is 6.42 Å². The number of esters is 1. The summed E-state index contributed by atoms with van der Waals surface area (Å²) >= 11 is 1.60. The number of hydrogen-bond acceptors (Lipinski definition) is 3. The fourth-order valence-electron chi connectivity index (χ4n) is 1.38. The van der Waals surface area contributed by atoms with Crippen LogP contribution in [0.25, 0.3) is 0 Å². The number of allylic oxidation sites excluding steroid dienone is 3. The Morgan fingerprint density at radius 1 is 1.53 bits per heavy atom. The van der Waals surface area contributed by atoms with E-state index in [1.54, 1.807) is 11.3 Å². The molecule has 0 aliphatic heterocycles. The predicted molar refractivity (Wildman–Crippen MR) is 60.8 cm³/mol. The van der Waals surface area contributed by atoms with E-state index in [2.05, 4.69) is 6.08 Å². The van der Waals surface area contributed by atoms with Gasteiger partial charge < -0.3 is 4.74 Å². The molecule has 15 heavy (non-hydrogen) atoms. The molecule has 1 aromatic heterocycles. The zero-order valence-electron chi connectivity index (χ0n) is 8.31. The van der Waals surface area contributed by atoms with Gasteiger partial charge in [0.25, 0.3) is 0 Å². The van der Waals surface area contributed by atoms with Crippen molar-refractivity contribution in [1.29, 1.82) is 0 Å². The maximum atomic E-state index is 11.4. The van der Waals surface area contributed by atoms with Crippen molar-refractivity contribution in [3.8, 4) is 0 Å². The Morgan fingerprint density at radius 3 is 3.13 bits per heavy atom. The van der Waals surface area contributed by atoms with Gasteiger partial charge in [0.15, 0.2) is 0 Å². The minimum Gasteiger partial charge on any atom is -0.461 e. The molecule has 2 nitrogen and oxygen atoms in total. The molecule has 78 valence electrons. The lowest BCUT2D eigenvalue weighted by atomic mass is 10.2. The molecule has 0 N–H and O–H groups in total. The molecule has 0 atom stereocenters. The average Bonchev–Trinajstić information content (AvgIpc) is 2.86. The molecule has 0 spiro atoms. The van der Waals surface area contributed by atoms with Crippen molar-refractivity contribution in [2.45, 2.75) is 12.8 Å². The minimum absolute atomic E-state index is 0.152. The lowest BCUT2D eigenvalue weighted by Gasteiger charge is -2.04. The van der Waals surface area contributed by atoms with Gasteiger partial charge in [-0.15, -0.1) is 0 Å². The van der Waals surface area contributed by atoms with Crippen molar-refractivity contribution in [2.24, 2.45) is 0 Å². The summed E-state index contributed by atoms with van der Waals surface area (Å²) in [6, 6.07) is 1.95. The molecule has 0 radical (unpaired) electrons. The third-order valence-electron chi connectivity index (χ3n) is 2.20. The number of rotatable bonds is 4. The third-order valence-corrected chi connectivity index (χ3v) is 2.93. The maximum Gasteiger partial charge on any atom is 0.310 e. The number of carbonyl (C=O) groups is 1. The topological polar surface area (TPSA) is 26.3 Å². The summed E-state index contributed by atoms with van der Waals surface area (Å²) in [6.45, 7) is 0.427. The Balaban J connectivity index is 1.73. The van der Waals surface area contributed by atoms with Crippen molar-refractivity contribution < 1.29 is 9.53 Å². The average molecular weight is 220 g/mol. The molecule has 0 unspecified atom stereocenters. The first-order chi connectivity index (χ1) is 7.34. The first kappa shape index (κ1) is 10.2. The van der Waals surface area contributed by atoms with Crippen LogP contribution in [0, 0.1) is 0 Å². The summed E-state index contributed by atoms with van der Waals surface area (Å²) in [4.78, 5) is 11.4. The fraction of sp³-hybridized carbons (Fsp3) is 0.250. The van der Waals surface area contributed by atoms with Gasteiger partial charge in [-0.3, -0.25) is 4.79 Å². The van der Waals surface area contributed by atoms with Crippen LogP contribution in [0.4, 0.5) is 0 Å². The van der Waals surface area contributed by atoms with Gasteiger partial charge in [0.2, 0.25) is 0 Å². The third kappa shape index (κ3) is 3.06. The van der Waals surface area contributed by atoms with Crippen molar-refractivity contribution in [1.82, 2.24) is 0 Å². The smallest absolute Gasteiger partial charge is 0.310 e. The lowest BCUT2D eigenvalue weighted by molar-refractivity contribution is -0.141. The molecular weight excluding hydrogens is 208 g/mol. The molecule has 0 saturated heterocycles. The molecule has 0 fully saturated rings. The zero-order chi connectivity index (χ0) is 10.5. The van der Waals surface area contributed by atoms with Gasteiger partial charge in [-0.25, -0.2) is 0 Å². The summed E-state index contributed by atoms with van der Waals surface area (Å²) < 4.78 is 5.16. The molecular formula is C12H12O2S. The molecule has 1 aliphatic rings. The maximum absolute atomic E-state index is 11.4. The van der Waals surface area contributed by atoms with E-state index in [-0.39, 0.29) is 5.97 Å². The van der Waals surface area contributed by atoms with Gasteiger partial charge in [0, 0.05) is 0 Å². The summed E-state index contributed by atoms with van der Waals surface area (Å²) in [7, 11) is 0. The van der Waals surface area contributed by atoms with Crippen molar-refractivity contribution in [2.75, 3.05) is 6.61 Å². The van der Waals surface area contributed by atoms with Crippen LogP contribution in [0.2, 0.25) is 0 Å². The van der Waals surface area contributed by atoms with Crippen LogP contribution in [0.15, 0.2) is 40.6 Å². The van der Waals surface area contributed by atoms with E-state index in [0.29, 0.717) is 13.0 Å². The Labute approximate surface area is 92.9 Å². The second-order valence-corrected chi connectivity index (χ2v) is 4.21. The van der Waals surface area contributed by atoms with Gasteiger partial charge in [-0.2, -0.15) is 11.3 Å². The normalized spacial score (nSPS) is 14.0. The van der Waals surface area contributed by atoms with Crippen LogP contribution in [0.5, 0.6) is 0 Å². The molecule has 3 heteroatoms. The van der Waals surface area contributed by atoms with E-state index >= 15 is 0 Å². The standard InChI is InChI=1S/C12H12O2S/c13-12(7-11-5-6-15-9-11)14-8-10-3-1-2-4-10/h1-3,5-6,9H,4,7-8H2. The number of hydrogen-bond donors (Lipinski definition) is 0. The van der Waals surface area contributed by atoms with E-state index in [0.717, 1.165) is 17.6 Å². The second kappa shape index (κ2) is 4.94. The Hall–Kier alpha value is -1.35. The zero-order valence-corrected chi connectivity index (χ0v) is 9.13. The summed E-state index contributed by atoms with van der Waals surface area (Å²) in [5, 5.41) is 3.93. The Kier molecular flexibility index (Phi) is 3.35. The van der Waals surface area contributed by atoms with Crippen molar-refractivity contribution in [3.05, 3.63) is 46.2 Å². The van der Waals surface area contributed by atoms with E-state index in [1.165, 1.54) is 0 Å². The highest BCUT2D eigenvalue weighted by Crippen LogP contribution is 2.11. The second-order valence-electron chi connectivity index (χ2n) is 3.43. The highest BCUT2D eigenvalue weighted by Gasteiger charge is 2.07. The van der Waals surface area contributed by atoms with Gasteiger partial charge in [0.1, 0.15) is 6.61 Å². The van der Waals surface area contributed by atoms with Gasteiger partial charge in [-0.05, 0) is 34.4 Å². The highest BCUT2D eigenvalue weighted by atomic mass is 32.1. The molecule has 1 aliphatic carbocycles. The first-order valence-corrected chi connectivity index (χ1v) is 5.80. The highest BCUT2D eigenvalue weighted by molar-refractivity contribution is 7.07. The Morgan fingerprint density at radius 2 is 2.47 bits per heavy atom. The van der Waals surface area contributed by atoms with Crippen LogP contribution in [-0.4, -0.2) is 12.6 Å². The molecule has 0 saturated carbocycles. The monoisotopic (exact) mass is 220 g/mol. The fourth-order valence-corrected chi connectivity index (χ4v) is 2.05. The van der Waals surface area contributed by atoms with Crippen LogP contribution >= 0.6 is 11.3 Å². The predicted octanol–water partition coefficient (Wildman–Crippen LogP) is 2.72. The summed E-state index contributed by atoms with van der Waals surface area (Å²) in [6.07, 6.45) is 7.33. The van der Waals surface area contributed by atoms with E-state index in [9.17, 15) is 4.79 Å². The number of thiophene rings is 1. The summed E-state index contributed by atoms with van der Waals surface area (Å²) in [5.41, 5.74) is 2.19. The molecule has 1 aromatic rings. The largest absolute Gasteiger partial charge is 0.461 e. The quantitative estimate of drug-likeness (QED) is 0.729. The van der Waals surface area contributed by atoms with Crippen LogP contribution in [-0.2, 0) is 16.0 Å². The van der Waals surface area contributed by atoms with Crippen LogP contribution in [0.3, 0.4) is 0 Å². The van der Waals surface area contributed by atoms with E-state index < -0.39 is 0 Å². The molecule has 0 amide bonds. The molecule has 0 bridgehead atoms. The minimum atomic E-state index is -0.152. The Bertz CT molecular complexity index is 388. The molecule has 0 aromatic carbocycles. The van der Waals surface area contributed by atoms with E-state index in [4.69, 9.17) is 4.74 Å². The number of carbonyl (C=O) groups excluding carboxylic acids is 1. The summed E-state index contributed by atoms with van der Waals surface area (Å²) in [5.74, 6) is -0.152. The van der Waals surface area contributed by atoms with Crippen molar-refractivity contribution >= 4 is 17.3 Å². The van der Waals surface area contributed by atoms with Crippen LogP contribution in [0.1, 0.15) is 12.0 Å². The van der Waals surface area contributed by atoms with Gasteiger partial charge >= 0.3 is 5.97 Å².